The number of hydrogen-bond acceptors (Lipinski definition) is 0. The molecule has 0 bridgehead atoms. The summed E-state index contributed by atoms with van der Waals surface area (Å²) in [5.74, 6) is 0. The highest BCUT2D eigenvalue weighted by Crippen LogP contribution is 2.51. The Kier molecular flexibility index (Phi) is 9.14. The smallest absolute Gasteiger partial charge is 0.152 e. The second-order valence-corrected chi connectivity index (χ2v) is 21.5. The van der Waals surface area contributed by atoms with Crippen LogP contribution in [-0.2, 0) is 17.9 Å². The molecule has 62 heavy (non-hydrogen) atoms. The Bertz CT molecular complexity index is 3250. The highest BCUT2D eigenvalue weighted by molar-refractivity contribution is 7.11. The fraction of sp³-hybridized carbons (Fsp3) is 0.119. The summed E-state index contributed by atoms with van der Waals surface area (Å²) in [6.07, 6.45) is 0.913. The first-order chi connectivity index (χ1) is 30.4. The summed E-state index contributed by atoms with van der Waals surface area (Å²) in [6, 6.07) is 78.4. The zero-order valence-electron chi connectivity index (χ0n) is 35.9. The lowest BCUT2D eigenvalue weighted by molar-refractivity contribution is 0.639. The third-order valence-corrected chi connectivity index (χ3v) is 19.0. The molecule has 0 saturated heterocycles. The number of para-hydroxylation sites is 3. The molecule has 0 N–H and O–H groups in total. The van der Waals surface area contributed by atoms with Crippen molar-refractivity contribution in [2.24, 2.45) is 0 Å². The quantitative estimate of drug-likeness (QED) is 0.101. The molecule has 11 rings (SSSR count). The Labute approximate surface area is 366 Å². The third kappa shape index (κ3) is 5.76. The van der Waals surface area contributed by atoms with Crippen LogP contribution in [-0.4, -0.2) is 17.2 Å². The van der Waals surface area contributed by atoms with E-state index in [4.69, 9.17) is 0 Å². The number of fused-ring (bicyclic) bond motifs is 5. The Morgan fingerprint density at radius 3 is 1.60 bits per heavy atom. The SMILES string of the molecule is CCc1c(C2=C(C)C(C)(C)c3ccccc32)c2ccccc2n1-c1cccc(C[Si](c2ccccc2)(c2ccccc2)c2cccc(-n3c4ccccc4c4ccccc43)c2)c1. The van der Waals surface area contributed by atoms with Gasteiger partial charge in [0.2, 0.25) is 0 Å². The second-order valence-electron chi connectivity index (χ2n) is 17.6. The van der Waals surface area contributed by atoms with Gasteiger partial charge >= 0.3 is 0 Å². The molecule has 0 amide bonds. The normalized spacial score (nSPS) is 13.7. The summed E-state index contributed by atoms with van der Waals surface area (Å²) in [6.45, 7) is 9.45. The maximum atomic E-state index is 2.57. The molecule has 0 fully saturated rings. The topological polar surface area (TPSA) is 9.86 Å². The molecule has 10 aromatic rings. The van der Waals surface area contributed by atoms with Gasteiger partial charge in [0, 0.05) is 44.2 Å². The minimum absolute atomic E-state index is 0.0399. The molecule has 0 atom stereocenters. The number of allylic oxidation sites excluding steroid dienone is 1. The molecule has 2 aromatic heterocycles. The van der Waals surface area contributed by atoms with Gasteiger partial charge in [-0.1, -0.05) is 190 Å². The maximum absolute atomic E-state index is 2.75. The van der Waals surface area contributed by atoms with E-state index in [0.29, 0.717) is 0 Å². The highest BCUT2D eigenvalue weighted by Gasteiger charge is 2.41. The molecule has 300 valence electrons. The van der Waals surface area contributed by atoms with E-state index in [1.165, 1.54) is 98.7 Å². The Morgan fingerprint density at radius 1 is 0.468 bits per heavy atom. The van der Waals surface area contributed by atoms with E-state index in [9.17, 15) is 0 Å². The van der Waals surface area contributed by atoms with E-state index < -0.39 is 8.07 Å². The van der Waals surface area contributed by atoms with E-state index in [0.717, 1.165) is 12.5 Å². The van der Waals surface area contributed by atoms with Crippen molar-refractivity contribution < 1.29 is 0 Å². The molecule has 0 spiro atoms. The summed E-state index contributed by atoms with van der Waals surface area (Å²) >= 11 is 0. The average Bonchev–Trinajstić information content (AvgIpc) is 3.91. The maximum Gasteiger partial charge on any atom is 0.152 e. The lowest BCUT2D eigenvalue weighted by Gasteiger charge is -2.34. The summed E-state index contributed by atoms with van der Waals surface area (Å²) in [4.78, 5) is 0. The van der Waals surface area contributed by atoms with Crippen LogP contribution in [0.3, 0.4) is 0 Å². The van der Waals surface area contributed by atoms with Gasteiger partial charge in [0.05, 0.1) is 16.6 Å². The van der Waals surface area contributed by atoms with E-state index >= 15 is 0 Å². The van der Waals surface area contributed by atoms with Gasteiger partial charge in [-0.2, -0.15) is 0 Å². The Balaban J connectivity index is 1.12. The molecular formula is C59H50N2Si. The van der Waals surface area contributed by atoms with Crippen LogP contribution < -0.4 is 15.6 Å². The zero-order chi connectivity index (χ0) is 42.0. The molecule has 0 aliphatic heterocycles. The summed E-state index contributed by atoms with van der Waals surface area (Å²) in [5.41, 5.74) is 15.8. The third-order valence-electron chi connectivity index (χ3n) is 14.1. The van der Waals surface area contributed by atoms with Crippen molar-refractivity contribution >= 4 is 61.9 Å². The molecule has 1 aliphatic rings. The van der Waals surface area contributed by atoms with E-state index in [2.05, 4.69) is 243 Å². The van der Waals surface area contributed by atoms with Crippen LogP contribution in [0.15, 0.2) is 212 Å². The number of aromatic nitrogens is 2. The van der Waals surface area contributed by atoms with Gasteiger partial charge in [-0.25, -0.2) is 0 Å². The summed E-state index contributed by atoms with van der Waals surface area (Å²) in [7, 11) is -2.75. The van der Waals surface area contributed by atoms with Gasteiger partial charge < -0.3 is 9.13 Å². The van der Waals surface area contributed by atoms with E-state index in [1.807, 2.05) is 0 Å². The van der Waals surface area contributed by atoms with Crippen molar-refractivity contribution in [2.45, 2.75) is 45.6 Å². The molecule has 2 nitrogen and oxygen atoms in total. The van der Waals surface area contributed by atoms with Crippen molar-refractivity contribution in [3.63, 3.8) is 0 Å². The summed E-state index contributed by atoms with van der Waals surface area (Å²) in [5, 5.41) is 8.08. The first kappa shape index (κ1) is 38.0. The van der Waals surface area contributed by atoms with Crippen LogP contribution in [0.4, 0.5) is 0 Å². The molecule has 0 radical (unpaired) electrons. The monoisotopic (exact) mass is 814 g/mol. The van der Waals surface area contributed by atoms with Crippen LogP contribution in [0.25, 0.3) is 49.7 Å². The predicted molar refractivity (Wildman–Crippen MR) is 266 cm³/mol. The average molecular weight is 815 g/mol. The first-order valence-corrected chi connectivity index (χ1v) is 24.3. The van der Waals surface area contributed by atoms with Crippen molar-refractivity contribution in [3.05, 3.63) is 240 Å². The highest BCUT2D eigenvalue weighted by atomic mass is 28.3. The van der Waals surface area contributed by atoms with Gasteiger partial charge in [-0.05, 0) is 99.7 Å². The van der Waals surface area contributed by atoms with Crippen molar-refractivity contribution in [1.82, 2.24) is 9.13 Å². The molecule has 0 unspecified atom stereocenters. The Hall–Kier alpha value is -6.94. The molecule has 3 heteroatoms. The van der Waals surface area contributed by atoms with Crippen LogP contribution in [0.5, 0.6) is 0 Å². The van der Waals surface area contributed by atoms with Crippen LogP contribution in [0.2, 0.25) is 0 Å². The molecule has 1 aliphatic carbocycles. The van der Waals surface area contributed by atoms with Crippen molar-refractivity contribution in [2.75, 3.05) is 0 Å². The number of benzene rings is 8. The molecular weight excluding hydrogens is 765 g/mol. The summed E-state index contributed by atoms with van der Waals surface area (Å²) < 4.78 is 5.03. The van der Waals surface area contributed by atoms with Crippen molar-refractivity contribution in [1.29, 1.82) is 0 Å². The van der Waals surface area contributed by atoms with Crippen LogP contribution in [0.1, 0.15) is 55.6 Å². The first-order valence-electron chi connectivity index (χ1n) is 22.1. The van der Waals surface area contributed by atoms with E-state index in [-0.39, 0.29) is 5.41 Å². The number of hydrogen-bond donors (Lipinski definition) is 0. The van der Waals surface area contributed by atoms with Gasteiger partial charge in [0.15, 0.2) is 8.07 Å². The number of rotatable bonds is 9. The predicted octanol–water partition coefficient (Wildman–Crippen LogP) is 12.7. The molecule has 2 heterocycles. The second kappa shape index (κ2) is 14.9. The van der Waals surface area contributed by atoms with Gasteiger partial charge in [-0.3, -0.25) is 0 Å². The van der Waals surface area contributed by atoms with E-state index in [1.54, 1.807) is 0 Å². The fourth-order valence-corrected chi connectivity index (χ4v) is 15.7. The van der Waals surface area contributed by atoms with Crippen LogP contribution >= 0.6 is 0 Å². The lowest BCUT2D eigenvalue weighted by Crippen LogP contribution is -2.69. The minimum Gasteiger partial charge on any atom is -0.313 e. The van der Waals surface area contributed by atoms with Gasteiger partial charge in [0.1, 0.15) is 0 Å². The van der Waals surface area contributed by atoms with Gasteiger partial charge in [0.25, 0.3) is 0 Å². The van der Waals surface area contributed by atoms with Crippen LogP contribution in [0, 0.1) is 0 Å². The molecule has 0 saturated carbocycles. The zero-order valence-corrected chi connectivity index (χ0v) is 36.9. The minimum atomic E-state index is -2.75. The Morgan fingerprint density at radius 2 is 0.968 bits per heavy atom. The fourth-order valence-electron chi connectivity index (χ4n) is 11.0. The standard InChI is InChI=1S/C59H50N2Si/c1-5-53-58(57-41(2)59(3,4)52-34-16-12-32-50(52)57)51-33-15-19-37-56(51)60(53)43-23-20-22-42(38-43)40-62(45-25-8-6-9-26-45,46-27-10-7-11-28-46)47-29-21-24-44(39-47)61-54-35-17-13-30-48(54)49-31-14-18-36-55(49)61/h6-39H,5,40H2,1-4H3. The number of nitrogens with zero attached hydrogens (tertiary/aromatic N) is 2. The molecule has 8 aromatic carbocycles. The lowest BCUT2D eigenvalue weighted by atomic mass is 9.82. The largest absolute Gasteiger partial charge is 0.313 e. The van der Waals surface area contributed by atoms with Crippen molar-refractivity contribution in [3.8, 4) is 11.4 Å². The van der Waals surface area contributed by atoms with Gasteiger partial charge in [-0.15, -0.1) is 0 Å².